The van der Waals surface area contributed by atoms with Crippen LogP contribution in [0.25, 0.3) is 0 Å². The summed E-state index contributed by atoms with van der Waals surface area (Å²) in [6.45, 7) is -0.403. The number of β-lactam (4-membered cyclic amide) rings is 1. The minimum atomic E-state index is -1.26. The first-order chi connectivity index (χ1) is 15.1. The lowest BCUT2D eigenvalue weighted by molar-refractivity contribution is -0.150. The Bertz CT molecular complexity index is 1020. The summed E-state index contributed by atoms with van der Waals surface area (Å²) < 4.78 is 0. The molecule has 13 nitrogen and oxygen atoms in total. The summed E-state index contributed by atoms with van der Waals surface area (Å²) in [7, 11) is 3.08. The number of nitrogens with two attached hydrogens (primary N) is 2. The van der Waals surface area contributed by atoms with Gasteiger partial charge in [0.15, 0.2) is 17.5 Å². The highest BCUT2D eigenvalue weighted by Crippen LogP contribution is 2.40. The van der Waals surface area contributed by atoms with Crippen LogP contribution in [0.4, 0.5) is 5.13 Å². The molecule has 0 spiro atoms. The number of amides is 3. The fourth-order valence-electron chi connectivity index (χ4n) is 2.93. The van der Waals surface area contributed by atoms with Gasteiger partial charge in [0.05, 0.1) is 0 Å². The Morgan fingerprint density at radius 3 is 2.72 bits per heavy atom. The zero-order chi connectivity index (χ0) is 23.6. The van der Waals surface area contributed by atoms with Crippen molar-refractivity contribution in [2.24, 2.45) is 10.9 Å². The number of nitrogens with one attached hydrogen (secondary N) is 1. The molecule has 32 heavy (non-hydrogen) atoms. The summed E-state index contributed by atoms with van der Waals surface area (Å²) in [5.41, 5.74) is 11.4. The molecule has 1 aromatic rings. The molecule has 3 rings (SSSR count). The fourth-order valence-corrected chi connectivity index (χ4v) is 4.84. The van der Waals surface area contributed by atoms with Crippen LogP contribution in [0.15, 0.2) is 21.8 Å². The molecule has 0 bridgehead atoms. The Labute approximate surface area is 190 Å². The normalized spacial score (nSPS) is 20.4. The highest BCUT2D eigenvalue weighted by Gasteiger charge is 2.54. The maximum absolute atomic E-state index is 12.9. The highest BCUT2D eigenvalue weighted by molar-refractivity contribution is 8.00. The quantitative estimate of drug-likeness (QED) is 0.187. The molecule has 0 saturated carbocycles. The van der Waals surface area contributed by atoms with Crippen molar-refractivity contribution in [3.63, 3.8) is 0 Å². The van der Waals surface area contributed by atoms with E-state index in [9.17, 15) is 24.3 Å². The molecule has 1 aromatic heterocycles. The molecule has 15 heteroatoms. The largest absolute Gasteiger partial charge is 0.477 e. The molecule has 2 aliphatic heterocycles. The van der Waals surface area contributed by atoms with E-state index in [1.807, 2.05) is 0 Å². The van der Waals surface area contributed by atoms with Crippen molar-refractivity contribution in [2.45, 2.75) is 11.4 Å². The molecule has 0 aromatic carbocycles. The van der Waals surface area contributed by atoms with Crippen LogP contribution in [0.2, 0.25) is 0 Å². The molecular weight excluding hydrogens is 462 g/mol. The van der Waals surface area contributed by atoms with Crippen LogP contribution in [0.1, 0.15) is 5.69 Å². The zero-order valence-corrected chi connectivity index (χ0v) is 18.7. The van der Waals surface area contributed by atoms with E-state index < -0.39 is 35.8 Å². The second-order valence-electron chi connectivity index (χ2n) is 6.89. The fraction of sp³-hybridized carbons (Fsp3) is 0.412. The molecule has 0 radical (unpaired) electrons. The molecule has 172 valence electrons. The predicted molar refractivity (Wildman–Crippen MR) is 116 cm³/mol. The summed E-state index contributed by atoms with van der Waals surface area (Å²) in [6.07, 6.45) is 0. The van der Waals surface area contributed by atoms with E-state index in [2.05, 4.69) is 15.5 Å². The number of hydrogen-bond acceptors (Lipinski definition) is 11. The van der Waals surface area contributed by atoms with Crippen molar-refractivity contribution in [1.82, 2.24) is 20.1 Å². The first-order valence-corrected chi connectivity index (χ1v) is 11.1. The third-order valence-corrected chi connectivity index (χ3v) is 6.62. The van der Waals surface area contributed by atoms with Gasteiger partial charge in [-0.25, -0.2) is 9.78 Å². The average Bonchev–Trinajstić information content (AvgIpc) is 3.18. The third-order valence-electron chi connectivity index (χ3n) is 4.61. The first-order valence-electron chi connectivity index (χ1n) is 9.18. The summed E-state index contributed by atoms with van der Waals surface area (Å²) >= 11 is 2.36. The Morgan fingerprint density at radius 2 is 2.16 bits per heavy atom. The number of thiazole rings is 1. The van der Waals surface area contributed by atoms with Crippen LogP contribution < -0.4 is 16.8 Å². The van der Waals surface area contributed by atoms with Crippen molar-refractivity contribution in [3.8, 4) is 0 Å². The van der Waals surface area contributed by atoms with Crippen molar-refractivity contribution in [2.75, 3.05) is 38.7 Å². The predicted octanol–water partition coefficient (Wildman–Crippen LogP) is -1.77. The lowest BCUT2D eigenvalue weighted by Gasteiger charge is -2.49. The van der Waals surface area contributed by atoms with Crippen molar-refractivity contribution >= 4 is 57.6 Å². The second kappa shape index (κ2) is 9.54. The van der Waals surface area contributed by atoms with Crippen molar-refractivity contribution in [1.29, 1.82) is 0 Å². The van der Waals surface area contributed by atoms with Crippen LogP contribution in [-0.4, -0.2) is 93.7 Å². The van der Waals surface area contributed by atoms with Crippen LogP contribution in [0.3, 0.4) is 0 Å². The summed E-state index contributed by atoms with van der Waals surface area (Å²) in [6, 6.07) is -0.981. The monoisotopic (exact) mass is 483 g/mol. The molecular formula is C17H21N7O6S2. The van der Waals surface area contributed by atoms with Crippen LogP contribution in [-0.2, 0) is 24.0 Å². The number of oxime groups is 1. The number of nitrogens with zero attached hydrogens (tertiary/aromatic N) is 4. The van der Waals surface area contributed by atoms with E-state index in [0.717, 1.165) is 16.2 Å². The van der Waals surface area contributed by atoms with E-state index in [1.54, 1.807) is 0 Å². The van der Waals surface area contributed by atoms with Crippen LogP contribution in [0.5, 0.6) is 0 Å². The number of carboxylic acid groups (broad SMARTS) is 1. The zero-order valence-electron chi connectivity index (χ0n) is 17.1. The molecule has 0 aliphatic carbocycles. The van der Waals surface area contributed by atoms with Gasteiger partial charge in [0, 0.05) is 31.8 Å². The average molecular weight is 484 g/mol. The van der Waals surface area contributed by atoms with Gasteiger partial charge >= 0.3 is 5.97 Å². The summed E-state index contributed by atoms with van der Waals surface area (Å²) in [5.74, 6) is -2.68. The topological polar surface area (TPSA) is 194 Å². The molecule has 2 atom stereocenters. The molecule has 3 amide bonds. The van der Waals surface area contributed by atoms with Gasteiger partial charge in [-0.15, -0.1) is 23.1 Å². The van der Waals surface area contributed by atoms with E-state index in [1.165, 1.54) is 36.1 Å². The highest BCUT2D eigenvalue weighted by atomic mass is 32.2. The number of carbonyl (C=O) groups is 4. The first kappa shape index (κ1) is 23.5. The second-order valence-corrected chi connectivity index (χ2v) is 8.89. The number of rotatable bonds is 8. The number of aromatic nitrogens is 1. The van der Waals surface area contributed by atoms with Gasteiger partial charge in [0.25, 0.3) is 17.7 Å². The van der Waals surface area contributed by atoms with E-state index in [-0.39, 0.29) is 34.7 Å². The number of thioether (sulfide) groups is 1. The number of likely N-dealkylation sites (N-methyl/N-ethyl adjacent to an activating group) is 1. The van der Waals surface area contributed by atoms with Gasteiger partial charge in [-0.3, -0.25) is 19.3 Å². The number of anilines is 1. The maximum Gasteiger partial charge on any atom is 0.352 e. The van der Waals surface area contributed by atoms with Gasteiger partial charge in [0.1, 0.15) is 22.8 Å². The summed E-state index contributed by atoms with van der Waals surface area (Å²) in [4.78, 5) is 60.3. The standard InChI is InChI=1S/C17H21N7O6S2/c1-23(2)9(25)4-30-22-10(8-6-32-17(19)20-8)13(26)21-11-14(27)24-12(16(28)29)7(3-18)5-31-15(11)24/h6,11,15H,3-5,18H2,1-2H3,(H2,19,20)(H,21,26)(H,28,29)/b22-10-/t11?,15-/m1/s1. The molecule has 3 heterocycles. The number of fused-ring (bicyclic) bond motifs is 1. The number of carbonyl (C=O) groups excluding carboxylic acids is 3. The van der Waals surface area contributed by atoms with Crippen molar-refractivity contribution in [3.05, 3.63) is 22.3 Å². The molecule has 1 fully saturated rings. The molecule has 6 N–H and O–H groups in total. The van der Waals surface area contributed by atoms with Crippen molar-refractivity contribution < 1.29 is 29.1 Å². The van der Waals surface area contributed by atoms with Gasteiger partial charge in [-0.2, -0.15) is 0 Å². The molecule has 1 saturated heterocycles. The van der Waals surface area contributed by atoms with Gasteiger partial charge < -0.3 is 31.6 Å². The summed E-state index contributed by atoms with van der Waals surface area (Å²) in [5, 5.41) is 16.8. The van der Waals surface area contributed by atoms with E-state index in [0.29, 0.717) is 11.3 Å². The van der Waals surface area contributed by atoms with Gasteiger partial charge in [0.2, 0.25) is 0 Å². The van der Waals surface area contributed by atoms with Gasteiger partial charge in [-0.05, 0) is 5.57 Å². The Kier molecular flexibility index (Phi) is 7.00. The number of hydrogen-bond donors (Lipinski definition) is 4. The number of nitrogen functional groups attached to an aromatic ring is 1. The van der Waals surface area contributed by atoms with Crippen LogP contribution in [0, 0.1) is 0 Å². The minimum Gasteiger partial charge on any atom is -0.477 e. The number of carboxylic acids is 1. The van der Waals surface area contributed by atoms with Crippen LogP contribution >= 0.6 is 23.1 Å². The smallest absolute Gasteiger partial charge is 0.352 e. The SMILES string of the molecule is CN(C)C(=O)CO/N=C(\C(=O)NC1C(=O)N2C(C(=O)O)=C(CN)CS[C@H]12)c1csc(N)n1. The maximum atomic E-state index is 12.9. The Morgan fingerprint density at radius 1 is 1.44 bits per heavy atom. The third kappa shape index (κ3) is 4.53. The molecule has 2 aliphatic rings. The minimum absolute atomic E-state index is 0.00716. The Balaban J connectivity index is 1.77. The number of aliphatic carboxylic acids is 1. The Hall–Kier alpha value is -3.17. The lowest BCUT2D eigenvalue weighted by Crippen LogP contribution is -2.71. The van der Waals surface area contributed by atoms with E-state index in [4.69, 9.17) is 16.3 Å². The lowest BCUT2D eigenvalue weighted by atomic mass is 10.0. The van der Waals surface area contributed by atoms with E-state index >= 15 is 0 Å². The molecule has 1 unspecified atom stereocenters. The van der Waals surface area contributed by atoms with Gasteiger partial charge in [-0.1, -0.05) is 5.16 Å².